The molecule has 0 amide bonds. The molecule has 0 saturated heterocycles. The average molecular weight is 391 g/mol. The van der Waals surface area contributed by atoms with Crippen LogP contribution in [0.3, 0.4) is 0 Å². The highest BCUT2D eigenvalue weighted by molar-refractivity contribution is 9.10. The summed E-state index contributed by atoms with van der Waals surface area (Å²) >= 11 is 3.31. The van der Waals surface area contributed by atoms with Gasteiger partial charge in [0.15, 0.2) is 5.69 Å². The molecule has 0 aliphatic rings. The Morgan fingerprint density at radius 3 is 2.57 bits per heavy atom. The van der Waals surface area contributed by atoms with Crippen molar-refractivity contribution in [1.82, 2.24) is 9.97 Å². The number of nitrogens with one attached hydrogen (secondary N) is 2. The van der Waals surface area contributed by atoms with Gasteiger partial charge in [-0.05, 0) is 34.5 Å². The second-order valence-corrected chi connectivity index (χ2v) is 5.42. The van der Waals surface area contributed by atoms with E-state index in [1.807, 2.05) is 0 Å². The molecule has 0 radical (unpaired) electrons. The largest absolute Gasteiger partial charge is 0.433 e. The number of aromatic nitrogens is 2. The van der Waals surface area contributed by atoms with Crippen LogP contribution in [0.2, 0.25) is 0 Å². The number of rotatable bonds is 6. The average Bonchev–Trinajstić information content (AvgIpc) is 2.49. The van der Waals surface area contributed by atoms with E-state index in [1.54, 1.807) is 24.3 Å². The minimum atomic E-state index is -4.58. The quantitative estimate of drug-likeness (QED) is 0.654. The maximum atomic E-state index is 13.0. The summed E-state index contributed by atoms with van der Waals surface area (Å²) < 4.78 is 39.6. The molecule has 0 fully saturated rings. The maximum absolute atomic E-state index is 13.0. The van der Waals surface area contributed by atoms with E-state index in [-0.39, 0.29) is 24.9 Å². The molecule has 3 N–H and O–H groups in total. The summed E-state index contributed by atoms with van der Waals surface area (Å²) in [5, 5.41) is 14.2. The fourth-order valence-corrected chi connectivity index (χ4v) is 2.10. The van der Waals surface area contributed by atoms with Crippen LogP contribution in [0.5, 0.6) is 0 Å². The standard InChI is InChI=1S/C14H14BrF3N4O/c15-9-4-1-2-5-10(9)20-12-8-11(14(16,17)18)21-13(22-12)19-6-3-7-23/h1-2,4-5,8,23H,3,6-7H2,(H2,19,20,21,22). The van der Waals surface area contributed by atoms with Crippen molar-refractivity contribution in [3.8, 4) is 0 Å². The fraction of sp³-hybridized carbons (Fsp3) is 0.286. The van der Waals surface area contributed by atoms with Gasteiger partial charge < -0.3 is 15.7 Å². The molecule has 0 unspecified atom stereocenters. The zero-order chi connectivity index (χ0) is 16.9. The number of hydrogen-bond donors (Lipinski definition) is 3. The highest BCUT2D eigenvalue weighted by Crippen LogP contribution is 2.31. The van der Waals surface area contributed by atoms with E-state index in [0.717, 1.165) is 6.07 Å². The minimum Gasteiger partial charge on any atom is -0.396 e. The second kappa shape index (κ2) is 7.60. The first-order valence-corrected chi connectivity index (χ1v) is 7.52. The molecule has 9 heteroatoms. The molecule has 1 aromatic carbocycles. The summed E-state index contributed by atoms with van der Waals surface area (Å²) in [6, 6.07) is 7.85. The van der Waals surface area contributed by atoms with Crippen LogP contribution in [0.1, 0.15) is 12.1 Å². The van der Waals surface area contributed by atoms with Crippen molar-refractivity contribution >= 4 is 33.4 Å². The first-order chi connectivity index (χ1) is 10.9. The Bertz CT molecular complexity index is 667. The van der Waals surface area contributed by atoms with E-state index >= 15 is 0 Å². The van der Waals surface area contributed by atoms with Gasteiger partial charge in [0.05, 0.1) is 5.69 Å². The summed E-state index contributed by atoms with van der Waals surface area (Å²) in [5.41, 5.74) is -0.464. The molecule has 0 atom stereocenters. The van der Waals surface area contributed by atoms with Crippen LogP contribution in [-0.2, 0) is 6.18 Å². The topological polar surface area (TPSA) is 70.1 Å². The molecule has 2 aromatic rings. The van der Waals surface area contributed by atoms with Crippen LogP contribution >= 0.6 is 15.9 Å². The molecule has 5 nitrogen and oxygen atoms in total. The van der Waals surface area contributed by atoms with Gasteiger partial charge in [0.2, 0.25) is 5.95 Å². The number of alkyl halides is 3. The molecule has 0 spiro atoms. The molecule has 124 valence electrons. The Kier molecular flexibility index (Phi) is 5.78. The van der Waals surface area contributed by atoms with Crippen LogP contribution in [0.15, 0.2) is 34.8 Å². The fourth-order valence-electron chi connectivity index (χ4n) is 1.72. The number of aliphatic hydroxyl groups is 1. The molecule has 0 saturated carbocycles. The van der Waals surface area contributed by atoms with E-state index in [9.17, 15) is 13.2 Å². The van der Waals surface area contributed by atoms with Gasteiger partial charge in [0, 0.05) is 23.7 Å². The normalized spacial score (nSPS) is 11.3. The molecule has 2 rings (SSSR count). The van der Waals surface area contributed by atoms with Crippen LogP contribution in [0.4, 0.5) is 30.6 Å². The highest BCUT2D eigenvalue weighted by atomic mass is 79.9. The maximum Gasteiger partial charge on any atom is 0.433 e. The Balaban J connectivity index is 2.30. The first-order valence-electron chi connectivity index (χ1n) is 6.72. The van der Waals surface area contributed by atoms with Crippen LogP contribution in [0, 0.1) is 0 Å². The first kappa shape index (κ1) is 17.5. The van der Waals surface area contributed by atoms with Gasteiger partial charge in [0.1, 0.15) is 5.82 Å². The third-order valence-electron chi connectivity index (χ3n) is 2.77. The van der Waals surface area contributed by atoms with E-state index in [1.165, 1.54) is 0 Å². The minimum absolute atomic E-state index is 0.0192. The van der Waals surface area contributed by atoms with Crippen molar-refractivity contribution in [3.05, 3.63) is 40.5 Å². The van der Waals surface area contributed by atoms with Crippen molar-refractivity contribution in [1.29, 1.82) is 0 Å². The van der Waals surface area contributed by atoms with Crippen molar-refractivity contribution in [3.63, 3.8) is 0 Å². The highest BCUT2D eigenvalue weighted by Gasteiger charge is 2.33. The molecule has 1 aromatic heterocycles. The van der Waals surface area contributed by atoms with Crippen molar-refractivity contribution in [2.45, 2.75) is 12.6 Å². The van der Waals surface area contributed by atoms with E-state index in [2.05, 4.69) is 36.5 Å². The second-order valence-electron chi connectivity index (χ2n) is 4.57. The number of halogens is 4. The van der Waals surface area contributed by atoms with E-state index in [4.69, 9.17) is 5.11 Å². The lowest BCUT2D eigenvalue weighted by molar-refractivity contribution is -0.141. The number of hydrogen-bond acceptors (Lipinski definition) is 5. The van der Waals surface area contributed by atoms with Gasteiger partial charge in [-0.15, -0.1) is 0 Å². The van der Waals surface area contributed by atoms with Crippen LogP contribution in [-0.4, -0.2) is 28.2 Å². The number of anilines is 3. The number of nitrogens with zero attached hydrogens (tertiary/aromatic N) is 2. The summed E-state index contributed by atoms with van der Waals surface area (Å²) in [4.78, 5) is 7.48. The molecular weight excluding hydrogens is 377 g/mol. The summed E-state index contributed by atoms with van der Waals surface area (Å²) in [6.07, 6.45) is -4.20. The summed E-state index contributed by atoms with van der Waals surface area (Å²) in [6.45, 7) is 0.195. The van der Waals surface area contributed by atoms with Crippen molar-refractivity contribution in [2.75, 3.05) is 23.8 Å². The molecular formula is C14H14BrF3N4O. The van der Waals surface area contributed by atoms with Gasteiger partial charge >= 0.3 is 6.18 Å². The Morgan fingerprint density at radius 2 is 1.91 bits per heavy atom. The van der Waals surface area contributed by atoms with Crippen molar-refractivity contribution < 1.29 is 18.3 Å². The summed E-state index contributed by atoms with van der Waals surface area (Å²) in [7, 11) is 0. The molecule has 23 heavy (non-hydrogen) atoms. The van der Waals surface area contributed by atoms with Gasteiger partial charge in [-0.3, -0.25) is 0 Å². The molecule has 1 heterocycles. The zero-order valence-corrected chi connectivity index (χ0v) is 13.4. The smallest absolute Gasteiger partial charge is 0.396 e. The lowest BCUT2D eigenvalue weighted by atomic mass is 10.3. The number of benzene rings is 1. The van der Waals surface area contributed by atoms with Gasteiger partial charge in [0.25, 0.3) is 0 Å². The Hall–Kier alpha value is -1.87. The predicted molar refractivity (Wildman–Crippen MR) is 84.7 cm³/mol. The predicted octanol–water partition coefficient (Wildman–Crippen LogP) is 3.80. The monoisotopic (exact) mass is 390 g/mol. The van der Waals surface area contributed by atoms with Crippen molar-refractivity contribution in [2.24, 2.45) is 0 Å². The lowest BCUT2D eigenvalue weighted by Gasteiger charge is -2.13. The van der Waals surface area contributed by atoms with Crippen LogP contribution in [0.25, 0.3) is 0 Å². The Morgan fingerprint density at radius 1 is 1.17 bits per heavy atom. The third-order valence-corrected chi connectivity index (χ3v) is 3.46. The summed E-state index contributed by atoms with van der Waals surface area (Å²) in [5.74, 6) is -0.131. The van der Waals surface area contributed by atoms with E-state index in [0.29, 0.717) is 16.6 Å². The Labute approximate surface area is 139 Å². The van der Waals surface area contributed by atoms with Gasteiger partial charge in [-0.2, -0.15) is 18.2 Å². The van der Waals surface area contributed by atoms with Gasteiger partial charge in [-0.1, -0.05) is 12.1 Å². The van der Waals surface area contributed by atoms with Gasteiger partial charge in [-0.25, -0.2) is 4.98 Å². The third kappa shape index (κ3) is 5.07. The van der Waals surface area contributed by atoms with Crippen LogP contribution < -0.4 is 10.6 Å². The molecule has 0 aliphatic heterocycles. The SMILES string of the molecule is OCCCNc1nc(Nc2ccccc2Br)cc(C(F)(F)F)n1. The number of aliphatic hydroxyl groups excluding tert-OH is 1. The molecule has 0 bridgehead atoms. The molecule has 0 aliphatic carbocycles. The lowest BCUT2D eigenvalue weighted by Crippen LogP contribution is -2.14. The zero-order valence-electron chi connectivity index (χ0n) is 11.9. The number of para-hydroxylation sites is 1. The van der Waals surface area contributed by atoms with E-state index < -0.39 is 11.9 Å².